The Morgan fingerprint density at radius 3 is 0.789 bits per heavy atom. The van der Waals surface area contributed by atoms with E-state index in [1.165, 1.54) is 0 Å². The largest absolute Gasteiger partial charge is 2.00 e. The molecule has 0 fully saturated rings. The fourth-order valence-electron chi connectivity index (χ4n) is 6.25. The van der Waals surface area contributed by atoms with E-state index in [0.717, 1.165) is 0 Å². The molecule has 0 atom stereocenters. The van der Waals surface area contributed by atoms with Crippen molar-refractivity contribution >= 4 is 218 Å². The van der Waals surface area contributed by atoms with Gasteiger partial charge < -0.3 is 29.9 Å². The summed E-state index contributed by atoms with van der Waals surface area (Å²) >= 11 is 101. The summed E-state index contributed by atoms with van der Waals surface area (Å²) in [6.07, 6.45) is 0. The summed E-state index contributed by atoms with van der Waals surface area (Å²) in [5.74, 6) is -0.314. The Labute approximate surface area is 404 Å². The van der Waals surface area contributed by atoms with Crippen LogP contribution in [0, 0.1) is 6.92 Å². The fraction of sp³-hybridized carbons (Fsp3) is 0.0303. The average Bonchev–Trinajstić information content (AvgIpc) is 3.92. The van der Waals surface area contributed by atoms with Gasteiger partial charge >= 0.3 is 17.1 Å². The van der Waals surface area contributed by atoms with Crippen LogP contribution >= 0.6 is 174 Å². The minimum Gasteiger partial charge on any atom is -0.357 e. The summed E-state index contributed by atoms with van der Waals surface area (Å²) in [5, 5.41) is 0.0936. The second kappa shape index (κ2) is 15.2. The summed E-state index contributed by atoms with van der Waals surface area (Å²) in [5.41, 5.74) is 0.704. The minimum absolute atomic E-state index is 0. The Balaban J connectivity index is 0.00000455. The Bertz CT molecular complexity index is 2820. The molecule has 1 radical (unpaired) electrons. The normalized spacial score (nSPS) is 12.1. The van der Waals surface area contributed by atoms with Gasteiger partial charge in [-0.25, -0.2) is 9.97 Å². The first-order chi connectivity index (χ1) is 26.4. The molecule has 0 spiro atoms. The standard InChI is InChI=1S/C33H3Cl15N8.Cu/c1-2-11(34)3-4(13(36)12(2)35)27-49-26(3)50-28-5-6(15(38)21(44)20(43)14(5)37)30(52-28)54-32-9-10(19(42)25(48)24(47)18(9)41)33(56-32)55-31-8-7(29(51-27)53-31)16(39)22(45)23(46)17(8)40;/h1H3;/q-2;+2. The molecule has 4 aromatic carbocycles. The predicted molar refractivity (Wildman–Crippen MR) is 234 cm³/mol. The van der Waals surface area contributed by atoms with Crippen LogP contribution in [0.4, 0.5) is 0 Å². The van der Waals surface area contributed by atoms with E-state index in [0.29, 0.717) is 5.56 Å². The van der Waals surface area contributed by atoms with Crippen LogP contribution in [0.5, 0.6) is 0 Å². The van der Waals surface area contributed by atoms with Crippen molar-refractivity contribution in [2.75, 3.05) is 0 Å². The summed E-state index contributed by atoms with van der Waals surface area (Å²) < 4.78 is 0. The molecule has 291 valence electrons. The Morgan fingerprint density at radius 1 is 0.281 bits per heavy atom. The number of halogens is 15. The molecule has 57 heavy (non-hydrogen) atoms. The van der Waals surface area contributed by atoms with Gasteiger partial charge in [0.15, 0.2) is 0 Å². The fourth-order valence-corrected chi connectivity index (χ4v) is 10.1. The molecule has 0 unspecified atom stereocenters. The van der Waals surface area contributed by atoms with Crippen LogP contribution in [0.3, 0.4) is 0 Å². The molecule has 8 bridgehead atoms. The quantitative estimate of drug-likeness (QED) is 0.0840. The third kappa shape index (κ3) is 6.14. The van der Waals surface area contributed by atoms with Gasteiger partial charge in [0, 0.05) is 66.4 Å². The van der Waals surface area contributed by atoms with E-state index < -0.39 is 0 Å². The molecule has 5 heterocycles. The van der Waals surface area contributed by atoms with Gasteiger partial charge in [0.1, 0.15) is 0 Å². The molecule has 7 aromatic rings. The molecule has 8 nitrogen and oxygen atoms in total. The van der Waals surface area contributed by atoms with Gasteiger partial charge in [-0.2, -0.15) is 0 Å². The van der Waals surface area contributed by atoms with Crippen molar-refractivity contribution in [3.05, 3.63) is 80.9 Å². The molecular formula is C33H3Cl15CuN8. The van der Waals surface area contributed by atoms with Gasteiger partial charge in [-0.05, 0) is 12.5 Å². The Hall–Kier alpha value is -0.891. The first-order valence-corrected chi connectivity index (χ1v) is 20.6. The molecule has 24 heteroatoms. The maximum atomic E-state index is 6.95. The maximum absolute atomic E-state index is 6.95. The zero-order chi connectivity index (χ0) is 40.1. The van der Waals surface area contributed by atoms with Crippen LogP contribution in [0.1, 0.15) is 5.56 Å². The van der Waals surface area contributed by atoms with Crippen molar-refractivity contribution in [2.45, 2.75) is 6.92 Å². The van der Waals surface area contributed by atoms with Crippen molar-refractivity contribution in [1.29, 1.82) is 0 Å². The average molecular weight is 1110 g/mol. The molecule has 0 saturated heterocycles. The van der Waals surface area contributed by atoms with Crippen LogP contribution in [0.15, 0.2) is 0 Å². The zero-order valence-electron chi connectivity index (χ0n) is 26.5. The van der Waals surface area contributed by atoms with Gasteiger partial charge in [-0.1, -0.05) is 174 Å². The zero-order valence-corrected chi connectivity index (χ0v) is 38.8. The van der Waals surface area contributed by atoms with E-state index in [1.807, 2.05) is 0 Å². The summed E-state index contributed by atoms with van der Waals surface area (Å²) in [6, 6.07) is 0. The molecule has 9 rings (SSSR count). The number of hydrogen-bond acceptors (Lipinski definition) is 6. The molecule has 2 aliphatic heterocycles. The number of nitrogens with zero attached hydrogens (tertiary/aromatic N) is 8. The monoisotopic (exact) mass is 1100 g/mol. The molecule has 0 N–H and O–H groups in total. The van der Waals surface area contributed by atoms with E-state index in [4.69, 9.17) is 214 Å². The number of hydrogen-bond donors (Lipinski definition) is 0. The summed E-state index contributed by atoms with van der Waals surface area (Å²) in [6.45, 7) is 1.67. The van der Waals surface area contributed by atoms with Gasteiger partial charge in [0.05, 0.1) is 98.6 Å². The number of fused-ring (bicyclic) bond motifs is 20. The summed E-state index contributed by atoms with van der Waals surface area (Å²) in [4.78, 5) is 38.0. The number of aromatic nitrogens is 8. The van der Waals surface area contributed by atoms with Crippen molar-refractivity contribution in [1.82, 2.24) is 39.9 Å². The second-order valence-corrected chi connectivity index (χ2v) is 17.5. The summed E-state index contributed by atoms with van der Waals surface area (Å²) in [7, 11) is 0. The van der Waals surface area contributed by atoms with Crippen LogP contribution in [0.2, 0.25) is 75.3 Å². The van der Waals surface area contributed by atoms with E-state index in [1.54, 1.807) is 6.92 Å². The van der Waals surface area contributed by atoms with Crippen LogP contribution in [0.25, 0.3) is 89.7 Å². The van der Waals surface area contributed by atoms with Crippen molar-refractivity contribution in [3.63, 3.8) is 0 Å². The first kappa shape index (κ1) is 42.8. The van der Waals surface area contributed by atoms with Crippen LogP contribution in [-0.2, 0) is 17.1 Å². The number of rotatable bonds is 0. The predicted octanol–water partition coefficient (Wildman–Crippen LogP) is 16.2. The van der Waals surface area contributed by atoms with Crippen molar-refractivity contribution < 1.29 is 17.1 Å². The molecule has 0 aliphatic carbocycles. The van der Waals surface area contributed by atoms with E-state index in [2.05, 4.69) is 0 Å². The van der Waals surface area contributed by atoms with Crippen LogP contribution in [-0.4, -0.2) is 29.9 Å². The van der Waals surface area contributed by atoms with Gasteiger partial charge in [0.25, 0.3) is 0 Å². The van der Waals surface area contributed by atoms with E-state index in [9.17, 15) is 0 Å². The molecule has 2 aliphatic rings. The van der Waals surface area contributed by atoms with Gasteiger partial charge in [-0.3, -0.25) is 0 Å². The molecule has 3 aromatic heterocycles. The van der Waals surface area contributed by atoms with E-state index in [-0.39, 0.29) is 182 Å². The number of benzene rings is 4. The van der Waals surface area contributed by atoms with Crippen molar-refractivity contribution in [2.24, 2.45) is 0 Å². The SMILES string of the molecule is Cc1c(Cl)c(Cl)c2c3nc4nc(nc5[n-]c(nc6nc(nc([n-]3)c2c1Cl)-c1c(Cl)c(Cl)c(Cl)c(Cl)c1-6)c1c(Cl)c(Cl)c(Cl)c(Cl)c51)-c1c(Cl)c(Cl)c(Cl)c(Cl)c1-4.[Cu+2]. The molecular weight excluding hydrogens is 1100 g/mol. The first-order valence-electron chi connectivity index (χ1n) is 14.9. The third-order valence-electron chi connectivity index (χ3n) is 8.82. The van der Waals surface area contributed by atoms with Gasteiger partial charge in [-0.15, -0.1) is 0 Å². The molecule has 0 saturated carbocycles. The maximum Gasteiger partial charge on any atom is 2.00 e. The Kier molecular flexibility index (Phi) is 11.4. The Morgan fingerprint density at radius 2 is 0.509 bits per heavy atom. The second-order valence-electron chi connectivity index (χ2n) is 11.8. The third-order valence-corrected chi connectivity index (χ3v) is 15.7. The van der Waals surface area contributed by atoms with Crippen molar-refractivity contribution in [3.8, 4) is 45.6 Å². The minimum atomic E-state index is -0.0950. The molecule has 0 amide bonds. The van der Waals surface area contributed by atoms with Gasteiger partial charge in [0.2, 0.25) is 0 Å². The van der Waals surface area contributed by atoms with Crippen LogP contribution < -0.4 is 9.97 Å². The smallest absolute Gasteiger partial charge is 0.357 e. The topological polar surface area (TPSA) is 106 Å². The van der Waals surface area contributed by atoms with E-state index >= 15 is 0 Å².